The Labute approximate surface area is 109 Å². The Morgan fingerprint density at radius 1 is 1.33 bits per heavy atom. The molecule has 0 radical (unpaired) electrons. The lowest BCUT2D eigenvalue weighted by Gasteiger charge is -2.24. The van der Waals surface area contributed by atoms with E-state index >= 15 is 0 Å². The Hall–Kier alpha value is -1.10. The Balaban J connectivity index is 2.30. The zero-order valence-electron chi connectivity index (χ0n) is 11.6. The maximum atomic E-state index is 11.7. The number of ether oxygens (including phenoxy) is 1. The van der Waals surface area contributed by atoms with E-state index in [0.29, 0.717) is 12.5 Å². The van der Waals surface area contributed by atoms with Crippen LogP contribution in [0, 0.1) is 5.92 Å². The summed E-state index contributed by atoms with van der Waals surface area (Å²) >= 11 is 0. The summed E-state index contributed by atoms with van der Waals surface area (Å²) in [5.41, 5.74) is 0. The predicted octanol–water partition coefficient (Wildman–Crippen LogP) is 0.786. The van der Waals surface area contributed by atoms with Gasteiger partial charge in [0.2, 0.25) is 5.91 Å². The summed E-state index contributed by atoms with van der Waals surface area (Å²) in [4.78, 5) is 25.0. The number of esters is 1. The standard InChI is InChI=1S/C13H24N2O3/c1-4-18-13(17)9-15(10(2)3)8-12(16)14-7-11-5-6-11/h10-11H,4-9H2,1-3H3,(H,14,16). The second kappa shape index (κ2) is 7.36. The Morgan fingerprint density at radius 3 is 2.50 bits per heavy atom. The van der Waals surface area contributed by atoms with Crippen molar-refractivity contribution in [3.8, 4) is 0 Å². The zero-order chi connectivity index (χ0) is 13.5. The highest BCUT2D eigenvalue weighted by Gasteiger charge is 2.23. The quantitative estimate of drug-likeness (QED) is 0.652. The van der Waals surface area contributed by atoms with E-state index in [9.17, 15) is 9.59 Å². The van der Waals surface area contributed by atoms with Crippen molar-refractivity contribution in [2.75, 3.05) is 26.2 Å². The van der Waals surface area contributed by atoms with E-state index in [4.69, 9.17) is 4.74 Å². The van der Waals surface area contributed by atoms with Crippen LogP contribution in [0.15, 0.2) is 0 Å². The van der Waals surface area contributed by atoms with Crippen LogP contribution < -0.4 is 5.32 Å². The van der Waals surface area contributed by atoms with Crippen LogP contribution in [0.2, 0.25) is 0 Å². The monoisotopic (exact) mass is 256 g/mol. The molecule has 18 heavy (non-hydrogen) atoms. The fourth-order valence-electron chi connectivity index (χ4n) is 1.61. The summed E-state index contributed by atoms with van der Waals surface area (Å²) in [6, 6.07) is 0.140. The van der Waals surface area contributed by atoms with Gasteiger partial charge in [0.25, 0.3) is 0 Å². The van der Waals surface area contributed by atoms with Crippen LogP contribution in [-0.4, -0.2) is 49.1 Å². The van der Waals surface area contributed by atoms with Gasteiger partial charge >= 0.3 is 5.97 Å². The number of amides is 1. The van der Waals surface area contributed by atoms with Crippen LogP contribution in [0.25, 0.3) is 0 Å². The van der Waals surface area contributed by atoms with Crippen molar-refractivity contribution >= 4 is 11.9 Å². The Morgan fingerprint density at radius 2 is 2.00 bits per heavy atom. The normalized spacial score (nSPS) is 14.9. The van der Waals surface area contributed by atoms with Crippen molar-refractivity contribution in [1.29, 1.82) is 0 Å². The van der Waals surface area contributed by atoms with Gasteiger partial charge in [-0.25, -0.2) is 0 Å². The fraction of sp³-hybridized carbons (Fsp3) is 0.846. The molecule has 0 aromatic heterocycles. The first-order valence-corrected chi connectivity index (χ1v) is 6.69. The summed E-state index contributed by atoms with van der Waals surface area (Å²) in [5, 5.41) is 2.90. The lowest BCUT2D eigenvalue weighted by Crippen LogP contribution is -2.44. The number of rotatable bonds is 8. The van der Waals surface area contributed by atoms with Gasteiger partial charge in [-0.05, 0) is 39.5 Å². The molecular weight excluding hydrogens is 232 g/mol. The molecular formula is C13H24N2O3. The molecule has 0 bridgehead atoms. The zero-order valence-corrected chi connectivity index (χ0v) is 11.6. The smallest absolute Gasteiger partial charge is 0.320 e. The minimum Gasteiger partial charge on any atom is -0.465 e. The molecule has 0 spiro atoms. The molecule has 5 heteroatoms. The van der Waals surface area contributed by atoms with E-state index in [2.05, 4.69) is 5.32 Å². The summed E-state index contributed by atoms with van der Waals surface area (Å²) in [6.07, 6.45) is 2.44. The van der Waals surface area contributed by atoms with Crippen molar-refractivity contribution in [3.63, 3.8) is 0 Å². The highest BCUT2D eigenvalue weighted by Crippen LogP contribution is 2.27. The molecule has 5 nitrogen and oxygen atoms in total. The van der Waals surface area contributed by atoms with Gasteiger partial charge in [-0.1, -0.05) is 0 Å². The second-order valence-corrected chi connectivity index (χ2v) is 5.05. The molecule has 0 aromatic carbocycles. The summed E-state index contributed by atoms with van der Waals surface area (Å²) in [5.74, 6) is 0.382. The summed E-state index contributed by atoms with van der Waals surface area (Å²) in [6.45, 7) is 7.27. The number of nitrogens with one attached hydrogen (secondary N) is 1. The molecule has 0 heterocycles. The van der Waals surface area contributed by atoms with Gasteiger partial charge in [0.15, 0.2) is 0 Å². The van der Waals surface area contributed by atoms with Gasteiger partial charge in [0.1, 0.15) is 0 Å². The molecule has 1 N–H and O–H groups in total. The van der Waals surface area contributed by atoms with Gasteiger partial charge in [-0.3, -0.25) is 14.5 Å². The van der Waals surface area contributed by atoms with E-state index in [1.807, 2.05) is 18.7 Å². The third-order valence-corrected chi connectivity index (χ3v) is 3.00. The molecule has 0 aromatic rings. The van der Waals surface area contributed by atoms with E-state index in [0.717, 1.165) is 6.54 Å². The lowest BCUT2D eigenvalue weighted by atomic mass is 10.3. The molecule has 1 aliphatic rings. The van der Waals surface area contributed by atoms with Crippen LogP contribution in [0.1, 0.15) is 33.6 Å². The molecule has 0 atom stereocenters. The van der Waals surface area contributed by atoms with E-state index < -0.39 is 0 Å². The lowest BCUT2D eigenvalue weighted by molar-refractivity contribution is -0.145. The van der Waals surface area contributed by atoms with Gasteiger partial charge < -0.3 is 10.1 Å². The van der Waals surface area contributed by atoms with E-state index in [1.165, 1.54) is 12.8 Å². The third kappa shape index (κ3) is 6.00. The van der Waals surface area contributed by atoms with E-state index in [-0.39, 0.29) is 31.0 Å². The number of nitrogens with zero attached hydrogens (tertiary/aromatic N) is 1. The molecule has 0 saturated heterocycles. The minimum absolute atomic E-state index is 0.0140. The van der Waals surface area contributed by atoms with Crippen molar-refractivity contribution in [2.45, 2.75) is 39.7 Å². The second-order valence-electron chi connectivity index (χ2n) is 5.05. The van der Waals surface area contributed by atoms with Gasteiger partial charge in [-0.15, -0.1) is 0 Å². The SMILES string of the molecule is CCOC(=O)CN(CC(=O)NCC1CC1)C(C)C. The maximum absolute atomic E-state index is 11.7. The van der Waals surface area contributed by atoms with Crippen LogP contribution in [0.5, 0.6) is 0 Å². The first-order chi connectivity index (χ1) is 8.52. The molecule has 1 fully saturated rings. The average Bonchev–Trinajstić information content (AvgIpc) is 3.09. The predicted molar refractivity (Wildman–Crippen MR) is 69.1 cm³/mol. The average molecular weight is 256 g/mol. The molecule has 0 aliphatic heterocycles. The first-order valence-electron chi connectivity index (χ1n) is 6.69. The number of carbonyl (C=O) groups excluding carboxylic acids is 2. The first kappa shape index (κ1) is 15.0. The minimum atomic E-state index is -0.277. The number of carbonyl (C=O) groups is 2. The maximum Gasteiger partial charge on any atom is 0.320 e. The van der Waals surface area contributed by atoms with Crippen LogP contribution in [-0.2, 0) is 14.3 Å². The molecule has 1 amide bonds. The number of hydrogen-bond donors (Lipinski definition) is 1. The largest absolute Gasteiger partial charge is 0.465 e. The highest BCUT2D eigenvalue weighted by molar-refractivity contribution is 5.79. The molecule has 1 saturated carbocycles. The van der Waals surface area contributed by atoms with Gasteiger partial charge in [0.05, 0.1) is 19.7 Å². The van der Waals surface area contributed by atoms with Crippen LogP contribution >= 0.6 is 0 Å². The molecule has 0 unspecified atom stereocenters. The van der Waals surface area contributed by atoms with Crippen molar-refractivity contribution in [2.24, 2.45) is 5.92 Å². The Kier molecular flexibility index (Phi) is 6.12. The third-order valence-electron chi connectivity index (χ3n) is 3.00. The fourth-order valence-corrected chi connectivity index (χ4v) is 1.61. The summed E-state index contributed by atoms with van der Waals surface area (Å²) < 4.78 is 4.90. The van der Waals surface area contributed by atoms with Crippen molar-refractivity contribution < 1.29 is 14.3 Å². The molecule has 1 rings (SSSR count). The van der Waals surface area contributed by atoms with Gasteiger partial charge in [0, 0.05) is 12.6 Å². The molecule has 104 valence electrons. The topological polar surface area (TPSA) is 58.6 Å². The molecule has 1 aliphatic carbocycles. The number of hydrogen-bond acceptors (Lipinski definition) is 4. The van der Waals surface area contributed by atoms with Crippen LogP contribution in [0.3, 0.4) is 0 Å². The Bertz CT molecular complexity index is 288. The van der Waals surface area contributed by atoms with Gasteiger partial charge in [-0.2, -0.15) is 0 Å². The highest BCUT2D eigenvalue weighted by atomic mass is 16.5. The van der Waals surface area contributed by atoms with Crippen molar-refractivity contribution in [3.05, 3.63) is 0 Å². The summed E-state index contributed by atoms with van der Waals surface area (Å²) in [7, 11) is 0. The van der Waals surface area contributed by atoms with E-state index in [1.54, 1.807) is 6.92 Å². The van der Waals surface area contributed by atoms with Crippen LogP contribution in [0.4, 0.5) is 0 Å². The van der Waals surface area contributed by atoms with Crippen molar-refractivity contribution in [1.82, 2.24) is 10.2 Å².